The second-order valence-electron chi connectivity index (χ2n) is 7.12. The molecule has 114 valence electrons. The van der Waals surface area contributed by atoms with Crippen LogP contribution in [0.2, 0.25) is 0 Å². The van der Waals surface area contributed by atoms with Crippen LogP contribution in [0.3, 0.4) is 0 Å². The van der Waals surface area contributed by atoms with Crippen molar-refractivity contribution in [2.75, 3.05) is 19.6 Å². The van der Waals surface area contributed by atoms with Crippen LogP contribution in [0.4, 0.5) is 0 Å². The third kappa shape index (κ3) is 3.41. The molecule has 20 heavy (non-hydrogen) atoms. The van der Waals surface area contributed by atoms with Crippen molar-refractivity contribution in [3.63, 3.8) is 0 Å². The Balaban J connectivity index is 2.17. The molecule has 2 N–H and O–H groups in total. The average molecular weight is 278 g/mol. The van der Waals surface area contributed by atoms with Crippen LogP contribution in [0, 0.1) is 5.41 Å². The molecule has 4 nitrogen and oxygen atoms in total. The van der Waals surface area contributed by atoms with Crippen LogP contribution in [0.15, 0.2) is 12.5 Å². The molecule has 0 saturated carbocycles. The third-order valence-electron chi connectivity index (χ3n) is 4.63. The molecule has 0 aromatic carbocycles. The van der Waals surface area contributed by atoms with Gasteiger partial charge < -0.3 is 10.3 Å². The van der Waals surface area contributed by atoms with E-state index in [-0.39, 0.29) is 0 Å². The molecular formula is C16H30N4. The van der Waals surface area contributed by atoms with Gasteiger partial charge in [-0.2, -0.15) is 0 Å². The molecule has 2 rings (SSSR count). The van der Waals surface area contributed by atoms with E-state index in [4.69, 9.17) is 5.73 Å². The summed E-state index contributed by atoms with van der Waals surface area (Å²) in [6.07, 6.45) is 7.75. The molecule has 0 radical (unpaired) electrons. The zero-order valence-electron chi connectivity index (χ0n) is 13.5. The Kier molecular flexibility index (Phi) is 4.86. The second kappa shape index (κ2) is 6.27. The summed E-state index contributed by atoms with van der Waals surface area (Å²) in [5, 5.41) is 0. The fourth-order valence-corrected chi connectivity index (χ4v) is 3.22. The van der Waals surface area contributed by atoms with Gasteiger partial charge in [0.1, 0.15) is 0 Å². The molecule has 1 unspecified atom stereocenters. The quantitative estimate of drug-likeness (QED) is 0.921. The van der Waals surface area contributed by atoms with Gasteiger partial charge in [-0.15, -0.1) is 0 Å². The molecular weight excluding hydrogens is 248 g/mol. The molecule has 1 aliphatic heterocycles. The molecule has 1 atom stereocenters. The smallest absolute Gasteiger partial charge is 0.0951 e. The van der Waals surface area contributed by atoms with E-state index in [0.717, 1.165) is 13.1 Å². The lowest BCUT2D eigenvalue weighted by molar-refractivity contribution is 0.191. The van der Waals surface area contributed by atoms with E-state index in [1.165, 1.54) is 25.0 Å². The van der Waals surface area contributed by atoms with Crippen molar-refractivity contribution in [2.24, 2.45) is 11.1 Å². The maximum atomic E-state index is 6.10. The third-order valence-corrected chi connectivity index (χ3v) is 4.63. The topological polar surface area (TPSA) is 47.1 Å². The summed E-state index contributed by atoms with van der Waals surface area (Å²) in [7, 11) is 0. The van der Waals surface area contributed by atoms with Gasteiger partial charge in [-0.25, -0.2) is 4.98 Å². The van der Waals surface area contributed by atoms with Crippen LogP contribution in [0.25, 0.3) is 0 Å². The van der Waals surface area contributed by atoms with E-state index in [1.807, 2.05) is 12.5 Å². The monoisotopic (exact) mass is 278 g/mol. The van der Waals surface area contributed by atoms with Gasteiger partial charge in [0, 0.05) is 18.8 Å². The predicted molar refractivity (Wildman–Crippen MR) is 83.6 cm³/mol. The Labute approximate surface area is 123 Å². The molecule has 0 spiro atoms. The van der Waals surface area contributed by atoms with Gasteiger partial charge in [0.05, 0.1) is 18.1 Å². The van der Waals surface area contributed by atoms with E-state index in [1.54, 1.807) is 0 Å². The van der Waals surface area contributed by atoms with E-state index >= 15 is 0 Å². The largest absolute Gasteiger partial charge is 0.331 e. The van der Waals surface area contributed by atoms with Crippen LogP contribution < -0.4 is 5.73 Å². The molecule has 4 heteroatoms. The molecule has 1 aromatic rings. The Morgan fingerprint density at radius 2 is 2.05 bits per heavy atom. The summed E-state index contributed by atoms with van der Waals surface area (Å²) < 4.78 is 2.26. The zero-order chi connectivity index (χ0) is 14.8. The van der Waals surface area contributed by atoms with E-state index in [9.17, 15) is 0 Å². The van der Waals surface area contributed by atoms with E-state index < -0.39 is 0 Å². The second-order valence-corrected chi connectivity index (χ2v) is 7.12. The Morgan fingerprint density at radius 3 is 2.70 bits per heavy atom. The maximum absolute atomic E-state index is 6.10. The van der Waals surface area contributed by atoms with Crippen molar-refractivity contribution in [3.05, 3.63) is 18.2 Å². The van der Waals surface area contributed by atoms with Gasteiger partial charge in [-0.05, 0) is 51.6 Å². The average Bonchev–Trinajstić information content (AvgIpc) is 2.78. The van der Waals surface area contributed by atoms with Gasteiger partial charge in [0.2, 0.25) is 0 Å². The summed E-state index contributed by atoms with van der Waals surface area (Å²) in [5.41, 5.74) is 7.83. The number of nitrogens with two attached hydrogens (primary N) is 1. The first-order valence-electron chi connectivity index (χ1n) is 7.90. The summed E-state index contributed by atoms with van der Waals surface area (Å²) in [6.45, 7) is 12.1. The molecule has 0 bridgehead atoms. The molecule has 0 aliphatic carbocycles. The summed E-state index contributed by atoms with van der Waals surface area (Å²) in [4.78, 5) is 6.90. The van der Waals surface area contributed by atoms with Crippen molar-refractivity contribution in [1.29, 1.82) is 0 Å². The summed E-state index contributed by atoms with van der Waals surface area (Å²) in [6, 6.07) is 0.735. The zero-order valence-corrected chi connectivity index (χ0v) is 13.5. The first kappa shape index (κ1) is 15.5. The molecule has 1 aliphatic rings. The minimum Gasteiger partial charge on any atom is -0.331 e. The van der Waals surface area contributed by atoms with Crippen LogP contribution in [0.1, 0.15) is 64.7 Å². The first-order chi connectivity index (χ1) is 9.44. The fourth-order valence-electron chi connectivity index (χ4n) is 3.22. The molecule has 1 fully saturated rings. The Bertz CT molecular complexity index is 422. The fraction of sp³-hybridized carbons (Fsp3) is 0.812. The highest BCUT2D eigenvalue weighted by molar-refractivity contribution is 5.08. The lowest BCUT2D eigenvalue weighted by Crippen LogP contribution is -2.36. The van der Waals surface area contributed by atoms with E-state index in [0.29, 0.717) is 24.0 Å². The van der Waals surface area contributed by atoms with Gasteiger partial charge in [-0.1, -0.05) is 13.8 Å². The van der Waals surface area contributed by atoms with Crippen molar-refractivity contribution >= 4 is 0 Å². The molecule has 1 aromatic heterocycles. The van der Waals surface area contributed by atoms with Gasteiger partial charge in [-0.3, -0.25) is 4.90 Å². The predicted octanol–water partition coefficient (Wildman–Crippen LogP) is 2.98. The minimum absolute atomic E-state index is 0.300. The molecule has 0 amide bonds. The highest BCUT2D eigenvalue weighted by Crippen LogP contribution is 2.33. The van der Waals surface area contributed by atoms with E-state index in [2.05, 4.69) is 42.1 Å². The standard InChI is InChI=1S/C16H30N4/c1-13(2)20-12-18-11-15(20)14(10-17)19-8-5-6-16(3,4)7-9-19/h11-14H,5-10,17H2,1-4H3. The van der Waals surface area contributed by atoms with Crippen LogP contribution in [-0.4, -0.2) is 34.1 Å². The van der Waals surface area contributed by atoms with Crippen molar-refractivity contribution in [2.45, 2.75) is 59.0 Å². The number of imidazole rings is 1. The normalized spacial score (nSPS) is 21.9. The van der Waals surface area contributed by atoms with Crippen LogP contribution in [-0.2, 0) is 0 Å². The highest BCUT2D eigenvalue weighted by atomic mass is 15.2. The lowest BCUT2D eigenvalue weighted by atomic mass is 9.85. The van der Waals surface area contributed by atoms with Crippen molar-refractivity contribution in [1.82, 2.24) is 14.5 Å². The van der Waals surface area contributed by atoms with Crippen LogP contribution >= 0.6 is 0 Å². The van der Waals surface area contributed by atoms with Gasteiger partial charge in [0.15, 0.2) is 0 Å². The number of hydrogen-bond acceptors (Lipinski definition) is 3. The van der Waals surface area contributed by atoms with Crippen LogP contribution in [0.5, 0.6) is 0 Å². The van der Waals surface area contributed by atoms with Crippen molar-refractivity contribution in [3.8, 4) is 0 Å². The van der Waals surface area contributed by atoms with Crippen molar-refractivity contribution < 1.29 is 0 Å². The number of hydrogen-bond donors (Lipinski definition) is 1. The summed E-state index contributed by atoms with van der Waals surface area (Å²) >= 11 is 0. The van der Waals surface area contributed by atoms with Gasteiger partial charge >= 0.3 is 0 Å². The number of rotatable bonds is 4. The minimum atomic E-state index is 0.300. The molecule has 2 heterocycles. The number of likely N-dealkylation sites (tertiary alicyclic amines) is 1. The summed E-state index contributed by atoms with van der Waals surface area (Å²) in [5.74, 6) is 0. The number of aromatic nitrogens is 2. The SMILES string of the molecule is CC(C)n1cncc1C(CN)N1CCCC(C)(C)CC1. The Morgan fingerprint density at radius 1 is 1.30 bits per heavy atom. The molecule has 1 saturated heterocycles. The van der Waals surface area contributed by atoms with Gasteiger partial charge in [0.25, 0.3) is 0 Å². The number of nitrogens with zero attached hydrogens (tertiary/aromatic N) is 3. The maximum Gasteiger partial charge on any atom is 0.0951 e. The Hall–Kier alpha value is -0.870. The highest BCUT2D eigenvalue weighted by Gasteiger charge is 2.28. The first-order valence-corrected chi connectivity index (χ1v) is 7.90. The lowest BCUT2D eigenvalue weighted by Gasteiger charge is -2.31.